The molecule has 1 radical (unpaired) electrons. The number of ether oxygens (including phenoxy) is 1. The van der Waals surface area contributed by atoms with E-state index in [1.807, 2.05) is 6.92 Å². The van der Waals surface area contributed by atoms with E-state index < -0.39 is 0 Å². The van der Waals surface area contributed by atoms with Gasteiger partial charge in [0.05, 0.1) is 0 Å². The Morgan fingerprint density at radius 3 is 2.75 bits per heavy atom. The van der Waals surface area contributed by atoms with Gasteiger partial charge in [-0.1, -0.05) is 0 Å². The smallest absolute Gasteiger partial charge is 0.262 e. The summed E-state index contributed by atoms with van der Waals surface area (Å²) in [6, 6.07) is 0. The average molecular weight is 110 g/mol. The Bertz CT molecular complexity index is 203. The Balaban J connectivity index is 2.66. The van der Waals surface area contributed by atoms with Crippen LogP contribution in [0.25, 0.3) is 0 Å². The summed E-state index contributed by atoms with van der Waals surface area (Å²) in [5.41, 5.74) is 0.991. The molecular formula is C5H4NO2. The quantitative estimate of drug-likeness (QED) is 0.497. The SMILES string of the molecule is Cc1onc2c1[CH]O2. The van der Waals surface area contributed by atoms with E-state index in [9.17, 15) is 0 Å². The maximum atomic E-state index is 4.77. The van der Waals surface area contributed by atoms with Gasteiger partial charge in [0, 0.05) is 0 Å². The van der Waals surface area contributed by atoms with Crippen LogP contribution in [0.2, 0.25) is 0 Å². The second kappa shape index (κ2) is 1.05. The maximum Gasteiger partial charge on any atom is 0.262 e. The van der Waals surface area contributed by atoms with Crippen LogP contribution < -0.4 is 4.74 Å². The summed E-state index contributed by atoms with van der Waals surface area (Å²) in [6.07, 6.45) is 0. The van der Waals surface area contributed by atoms with Gasteiger partial charge in [-0.15, -0.1) is 0 Å². The molecule has 1 aromatic heterocycles. The lowest BCUT2D eigenvalue weighted by molar-refractivity contribution is 0.324. The molecule has 3 nitrogen and oxygen atoms in total. The lowest BCUT2D eigenvalue weighted by Gasteiger charge is -2.09. The molecule has 1 aliphatic rings. The number of hydrogen-bond acceptors (Lipinski definition) is 3. The molecule has 0 amide bonds. The van der Waals surface area contributed by atoms with Crippen LogP contribution in [0.15, 0.2) is 4.52 Å². The molecule has 41 valence electrons. The Kier molecular flexibility index (Phi) is 0.516. The molecule has 0 saturated heterocycles. The first-order valence-corrected chi connectivity index (χ1v) is 2.34. The Hall–Kier alpha value is -0.990. The van der Waals surface area contributed by atoms with Gasteiger partial charge in [-0.2, -0.15) is 0 Å². The third kappa shape index (κ3) is 0.278. The molecule has 8 heavy (non-hydrogen) atoms. The highest BCUT2D eigenvalue weighted by Crippen LogP contribution is 2.31. The minimum absolute atomic E-state index is 0.613. The van der Waals surface area contributed by atoms with E-state index in [0.29, 0.717) is 5.88 Å². The van der Waals surface area contributed by atoms with Crippen LogP contribution >= 0.6 is 0 Å². The molecular weight excluding hydrogens is 106 g/mol. The van der Waals surface area contributed by atoms with Crippen LogP contribution in [0.4, 0.5) is 0 Å². The summed E-state index contributed by atoms with van der Waals surface area (Å²) in [6.45, 7) is 3.48. The normalized spacial score (nSPS) is 14.1. The van der Waals surface area contributed by atoms with E-state index in [-0.39, 0.29) is 0 Å². The highest BCUT2D eigenvalue weighted by atomic mass is 16.6. The van der Waals surface area contributed by atoms with Gasteiger partial charge in [-0.3, -0.25) is 0 Å². The molecule has 3 heteroatoms. The standard InChI is InChI=1S/C5H4NO2/c1-3-4-2-7-5(4)6-8-3/h2H,1H3. The summed E-state index contributed by atoms with van der Waals surface area (Å²) in [5, 5.41) is 3.57. The van der Waals surface area contributed by atoms with Crippen molar-refractivity contribution in [2.75, 3.05) is 0 Å². The average Bonchev–Trinajstić information content (AvgIpc) is 1.80. The molecule has 0 saturated carbocycles. The van der Waals surface area contributed by atoms with Crippen molar-refractivity contribution in [2.45, 2.75) is 6.92 Å². The van der Waals surface area contributed by atoms with Gasteiger partial charge in [0.2, 0.25) is 0 Å². The number of nitrogens with zero attached hydrogens (tertiary/aromatic N) is 1. The van der Waals surface area contributed by atoms with Gasteiger partial charge < -0.3 is 9.26 Å². The lowest BCUT2D eigenvalue weighted by atomic mass is 10.2. The molecule has 0 fully saturated rings. The third-order valence-electron chi connectivity index (χ3n) is 1.16. The largest absolute Gasteiger partial charge is 0.462 e. The molecule has 0 N–H and O–H groups in total. The van der Waals surface area contributed by atoms with Crippen LogP contribution in [0.3, 0.4) is 0 Å². The summed E-state index contributed by atoms with van der Waals surface area (Å²) in [5.74, 6) is 1.44. The van der Waals surface area contributed by atoms with Crippen LogP contribution in [0, 0.1) is 13.5 Å². The second-order valence-electron chi connectivity index (χ2n) is 1.69. The van der Waals surface area contributed by atoms with E-state index >= 15 is 0 Å². The van der Waals surface area contributed by atoms with E-state index in [2.05, 4.69) is 5.16 Å². The van der Waals surface area contributed by atoms with Gasteiger partial charge in [0.25, 0.3) is 5.88 Å². The van der Waals surface area contributed by atoms with E-state index in [0.717, 1.165) is 11.3 Å². The zero-order chi connectivity index (χ0) is 5.56. The monoisotopic (exact) mass is 110 g/mol. The molecule has 0 aromatic carbocycles. The van der Waals surface area contributed by atoms with E-state index in [4.69, 9.17) is 9.26 Å². The van der Waals surface area contributed by atoms with Crippen molar-refractivity contribution >= 4 is 0 Å². The molecule has 0 unspecified atom stereocenters. The molecule has 2 rings (SSSR count). The number of aryl methyl sites for hydroxylation is 1. The lowest BCUT2D eigenvalue weighted by Crippen LogP contribution is -2.04. The van der Waals surface area contributed by atoms with Gasteiger partial charge in [-0.25, -0.2) is 0 Å². The molecule has 0 atom stereocenters. The van der Waals surface area contributed by atoms with Crippen molar-refractivity contribution in [3.8, 4) is 5.88 Å². The summed E-state index contributed by atoms with van der Waals surface area (Å²) < 4.78 is 9.52. The highest BCUT2D eigenvalue weighted by molar-refractivity contribution is 5.40. The summed E-state index contributed by atoms with van der Waals surface area (Å²) in [4.78, 5) is 0. The van der Waals surface area contributed by atoms with Crippen LogP contribution in [-0.4, -0.2) is 5.16 Å². The minimum Gasteiger partial charge on any atom is -0.462 e. The first-order chi connectivity index (χ1) is 3.88. The van der Waals surface area contributed by atoms with Gasteiger partial charge >= 0.3 is 0 Å². The fourth-order valence-electron chi connectivity index (χ4n) is 0.634. The topological polar surface area (TPSA) is 35.3 Å². The van der Waals surface area contributed by atoms with Crippen LogP contribution in [0.5, 0.6) is 5.88 Å². The number of rotatable bonds is 0. The van der Waals surface area contributed by atoms with Crippen molar-refractivity contribution in [2.24, 2.45) is 0 Å². The first kappa shape index (κ1) is 3.95. The van der Waals surface area contributed by atoms with Crippen molar-refractivity contribution in [1.82, 2.24) is 5.16 Å². The molecule has 0 bridgehead atoms. The van der Waals surface area contributed by atoms with E-state index in [1.54, 1.807) is 6.61 Å². The highest BCUT2D eigenvalue weighted by Gasteiger charge is 2.23. The first-order valence-electron chi connectivity index (χ1n) is 2.34. The second-order valence-corrected chi connectivity index (χ2v) is 1.69. The van der Waals surface area contributed by atoms with Crippen molar-refractivity contribution in [3.63, 3.8) is 0 Å². The Morgan fingerprint density at radius 1 is 1.62 bits per heavy atom. The molecule has 0 aliphatic carbocycles. The van der Waals surface area contributed by atoms with Gasteiger partial charge in [0.15, 0.2) is 6.61 Å². The summed E-state index contributed by atoms with van der Waals surface area (Å²) in [7, 11) is 0. The van der Waals surface area contributed by atoms with Crippen LogP contribution in [0.1, 0.15) is 11.3 Å². The van der Waals surface area contributed by atoms with Gasteiger partial charge in [-0.05, 0) is 12.1 Å². The fraction of sp³-hybridized carbons (Fsp3) is 0.200. The Morgan fingerprint density at radius 2 is 2.50 bits per heavy atom. The third-order valence-corrected chi connectivity index (χ3v) is 1.16. The molecule has 2 heterocycles. The van der Waals surface area contributed by atoms with Crippen molar-refractivity contribution < 1.29 is 9.26 Å². The maximum absolute atomic E-state index is 4.77. The van der Waals surface area contributed by atoms with Crippen LogP contribution in [-0.2, 0) is 0 Å². The zero-order valence-electron chi connectivity index (χ0n) is 4.34. The molecule has 1 aromatic rings. The minimum atomic E-state index is 0.613. The van der Waals surface area contributed by atoms with Crippen molar-refractivity contribution in [3.05, 3.63) is 17.9 Å². The van der Waals surface area contributed by atoms with E-state index in [1.165, 1.54) is 0 Å². The summed E-state index contributed by atoms with van der Waals surface area (Å²) >= 11 is 0. The predicted molar refractivity (Wildman–Crippen MR) is 25.3 cm³/mol. The Labute approximate surface area is 46.2 Å². The predicted octanol–water partition coefficient (Wildman–Crippen LogP) is 0.885. The number of aromatic nitrogens is 1. The molecule has 1 aliphatic heterocycles. The molecule has 0 spiro atoms. The number of fused-ring (bicyclic) bond motifs is 1. The fourth-order valence-corrected chi connectivity index (χ4v) is 0.634. The number of hydrogen-bond donors (Lipinski definition) is 0. The van der Waals surface area contributed by atoms with Gasteiger partial charge in [0.1, 0.15) is 11.3 Å². The van der Waals surface area contributed by atoms with Crippen molar-refractivity contribution in [1.29, 1.82) is 0 Å². The zero-order valence-corrected chi connectivity index (χ0v) is 4.34.